The van der Waals surface area contributed by atoms with Crippen molar-refractivity contribution in [1.29, 1.82) is 0 Å². The number of amides is 1. The average Bonchev–Trinajstić information content (AvgIpc) is 3.07. The van der Waals surface area contributed by atoms with E-state index in [0.29, 0.717) is 11.1 Å². The molecule has 0 aromatic carbocycles. The Bertz CT molecular complexity index is 538. The lowest BCUT2D eigenvalue weighted by Crippen LogP contribution is -2.33. The van der Waals surface area contributed by atoms with E-state index in [9.17, 15) is 4.79 Å². The maximum Gasteiger partial charge on any atom is 0.277 e. The van der Waals surface area contributed by atoms with Gasteiger partial charge >= 0.3 is 0 Å². The number of H-pyrrole nitrogens is 1. The fourth-order valence-electron chi connectivity index (χ4n) is 1.79. The summed E-state index contributed by atoms with van der Waals surface area (Å²) in [5.74, 6) is 0.688. The molecule has 0 radical (unpaired) electrons. The fourth-order valence-corrected chi connectivity index (χ4v) is 2.36. The molecular weight excluding hydrogens is 276 g/mol. The standard InChI is InChI=1S/C13H18N4O2S/c1-3-5-9(2)15-11(18)8-20-13-17-16-12(19-13)10-6-4-7-14-10/h4,6-7,9,14H,3,5,8H2,1-2H3,(H,15,18). The average molecular weight is 294 g/mol. The van der Waals surface area contributed by atoms with E-state index in [1.54, 1.807) is 6.20 Å². The van der Waals surface area contributed by atoms with E-state index in [2.05, 4.69) is 27.4 Å². The summed E-state index contributed by atoms with van der Waals surface area (Å²) in [6.07, 6.45) is 3.82. The monoisotopic (exact) mass is 294 g/mol. The van der Waals surface area contributed by atoms with Crippen LogP contribution in [0.15, 0.2) is 28.0 Å². The van der Waals surface area contributed by atoms with Crippen LogP contribution < -0.4 is 5.32 Å². The van der Waals surface area contributed by atoms with E-state index in [0.717, 1.165) is 18.5 Å². The molecule has 6 nitrogen and oxygen atoms in total. The molecule has 0 aliphatic rings. The van der Waals surface area contributed by atoms with E-state index < -0.39 is 0 Å². The summed E-state index contributed by atoms with van der Waals surface area (Å²) < 4.78 is 5.46. The predicted octanol–water partition coefficient (Wildman–Crippen LogP) is 2.46. The third-order valence-corrected chi connectivity index (χ3v) is 3.51. The quantitative estimate of drug-likeness (QED) is 0.766. The lowest BCUT2D eigenvalue weighted by molar-refractivity contribution is -0.119. The molecule has 2 aromatic heterocycles. The van der Waals surface area contributed by atoms with Gasteiger partial charge in [0.05, 0.1) is 5.75 Å². The highest BCUT2D eigenvalue weighted by Gasteiger charge is 2.12. The fraction of sp³-hybridized carbons (Fsp3) is 0.462. The lowest BCUT2D eigenvalue weighted by Gasteiger charge is -2.11. The molecular formula is C13H18N4O2S. The molecule has 2 aromatic rings. The Morgan fingerprint density at radius 1 is 1.55 bits per heavy atom. The van der Waals surface area contributed by atoms with E-state index in [-0.39, 0.29) is 17.7 Å². The van der Waals surface area contributed by atoms with Gasteiger partial charge in [0.25, 0.3) is 11.1 Å². The van der Waals surface area contributed by atoms with Gasteiger partial charge in [-0.3, -0.25) is 4.79 Å². The minimum absolute atomic E-state index is 0.0180. The van der Waals surface area contributed by atoms with Crippen LogP contribution >= 0.6 is 11.8 Å². The highest BCUT2D eigenvalue weighted by molar-refractivity contribution is 7.99. The van der Waals surface area contributed by atoms with Crippen molar-refractivity contribution in [2.24, 2.45) is 0 Å². The first kappa shape index (κ1) is 14.6. The van der Waals surface area contributed by atoms with Gasteiger partial charge in [-0.1, -0.05) is 25.1 Å². The molecule has 0 aliphatic heterocycles. The Morgan fingerprint density at radius 2 is 2.40 bits per heavy atom. The van der Waals surface area contributed by atoms with E-state index in [4.69, 9.17) is 4.42 Å². The van der Waals surface area contributed by atoms with Crippen LogP contribution in [0.1, 0.15) is 26.7 Å². The molecule has 1 atom stereocenters. The van der Waals surface area contributed by atoms with E-state index >= 15 is 0 Å². The molecule has 0 fully saturated rings. The first-order valence-corrected chi connectivity index (χ1v) is 7.57. The number of nitrogens with one attached hydrogen (secondary N) is 2. The topological polar surface area (TPSA) is 83.8 Å². The first-order chi connectivity index (χ1) is 9.69. The minimum Gasteiger partial charge on any atom is -0.410 e. The zero-order valence-electron chi connectivity index (χ0n) is 11.5. The van der Waals surface area contributed by atoms with Crippen LogP contribution in [0.4, 0.5) is 0 Å². The molecule has 0 aliphatic carbocycles. The molecule has 7 heteroatoms. The van der Waals surface area contributed by atoms with Crippen molar-refractivity contribution >= 4 is 17.7 Å². The van der Waals surface area contributed by atoms with Gasteiger partial charge in [-0.2, -0.15) is 0 Å². The highest BCUT2D eigenvalue weighted by atomic mass is 32.2. The zero-order valence-corrected chi connectivity index (χ0v) is 12.4. The van der Waals surface area contributed by atoms with Crippen molar-refractivity contribution in [1.82, 2.24) is 20.5 Å². The van der Waals surface area contributed by atoms with Gasteiger partial charge in [-0.05, 0) is 25.5 Å². The molecule has 0 saturated carbocycles. The molecule has 0 saturated heterocycles. The number of aromatic amines is 1. The Balaban J connectivity index is 1.81. The first-order valence-electron chi connectivity index (χ1n) is 6.58. The lowest BCUT2D eigenvalue weighted by atomic mass is 10.2. The van der Waals surface area contributed by atoms with Crippen molar-refractivity contribution in [2.75, 3.05) is 5.75 Å². The largest absolute Gasteiger partial charge is 0.410 e. The Morgan fingerprint density at radius 3 is 3.10 bits per heavy atom. The molecule has 0 bridgehead atoms. The van der Waals surface area contributed by atoms with Crippen molar-refractivity contribution in [3.8, 4) is 11.6 Å². The van der Waals surface area contributed by atoms with Gasteiger partial charge < -0.3 is 14.7 Å². The van der Waals surface area contributed by atoms with E-state index in [1.165, 1.54) is 11.8 Å². The van der Waals surface area contributed by atoms with Crippen molar-refractivity contribution in [3.63, 3.8) is 0 Å². The number of carbonyl (C=O) groups is 1. The van der Waals surface area contributed by atoms with Crippen LogP contribution in [0.25, 0.3) is 11.6 Å². The summed E-state index contributed by atoms with van der Waals surface area (Å²) in [5.41, 5.74) is 0.769. The van der Waals surface area contributed by atoms with Gasteiger partial charge in [-0.15, -0.1) is 10.2 Å². The summed E-state index contributed by atoms with van der Waals surface area (Å²) in [7, 11) is 0. The number of rotatable bonds is 7. The van der Waals surface area contributed by atoms with Crippen LogP contribution in [0, 0.1) is 0 Å². The number of nitrogens with zero attached hydrogens (tertiary/aromatic N) is 2. The molecule has 2 N–H and O–H groups in total. The van der Waals surface area contributed by atoms with E-state index in [1.807, 2.05) is 19.1 Å². The molecule has 1 unspecified atom stereocenters. The number of thioether (sulfide) groups is 1. The van der Waals surface area contributed by atoms with Gasteiger partial charge in [0.15, 0.2) is 0 Å². The molecule has 0 spiro atoms. The van der Waals surface area contributed by atoms with Crippen molar-refractivity contribution < 1.29 is 9.21 Å². The van der Waals surface area contributed by atoms with Gasteiger partial charge in [-0.25, -0.2) is 0 Å². The summed E-state index contributed by atoms with van der Waals surface area (Å²) in [4.78, 5) is 14.7. The second-order valence-corrected chi connectivity index (χ2v) is 5.43. The van der Waals surface area contributed by atoms with Crippen LogP contribution in [-0.2, 0) is 4.79 Å². The number of hydrogen-bond acceptors (Lipinski definition) is 5. The van der Waals surface area contributed by atoms with Gasteiger partial charge in [0.1, 0.15) is 5.69 Å². The summed E-state index contributed by atoms with van der Waals surface area (Å²) in [6, 6.07) is 3.90. The zero-order chi connectivity index (χ0) is 14.4. The van der Waals surface area contributed by atoms with Crippen LogP contribution in [0.5, 0.6) is 0 Å². The number of hydrogen-bond donors (Lipinski definition) is 2. The smallest absolute Gasteiger partial charge is 0.277 e. The molecule has 2 rings (SSSR count). The second kappa shape index (κ2) is 7.14. The third-order valence-electron chi connectivity index (χ3n) is 2.69. The summed E-state index contributed by atoms with van der Waals surface area (Å²) >= 11 is 1.24. The number of aromatic nitrogens is 3. The molecule has 108 valence electrons. The Hall–Kier alpha value is -1.76. The SMILES string of the molecule is CCCC(C)NC(=O)CSc1nnc(-c2ccc[nH]2)o1. The van der Waals surface area contributed by atoms with Gasteiger partial charge in [0.2, 0.25) is 5.91 Å². The van der Waals surface area contributed by atoms with Crippen molar-refractivity contribution in [2.45, 2.75) is 38.0 Å². The second-order valence-electron chi connectivity index (χ2n) is 4.50. The summed E-state index contributed by atoms with van der Waals surface area (Å²) in [5, 5.41) is 11.2. The van der Waals surface area contributed by atoms with Crippen molar-refractivity contribution in [3.05, 3.63) is 18.3 Å². The van der Waals surface area contributed by atoms with Gasteiger partial charge in [0, 0.05) is 12.2 Å². The predicted molar refractivity (Wildman–Crippen MR) is 77.3 cm³/mol. The highest BCUT2D eigenvalue weighted by Crippen LogP contribution is 2.21. The summed E-state index contributed by atoms with van der Waals surface area (Å²) in [6.45, 7) is 4.10. The molecule has 2 heterocycles. The van der Waals surface area contributed by atoms with Crippen LogP contribution in [0.3, 0.4) is 0 Å². The number of carbonyl (C=O) groups excluding carboxylic acids is 1. The molecule has 20 heavy (non-hydrogen) atoms. The normalized spacial score (nSPS) is 12.3. The Kier molecular flexibility index (Phi) is 5.23. The maximum atomic E-state index is 11.7. The minimum atomic E-state index is -0.0180. The van der Waals surface area contributed by atoms with Crippen LogP contribution in [0.2, 0.25) is 0 Å². The molecule has 1 amide bonds. The third kappa shape index (κ3) is 4.12. The maximum absolute atomic E-state index is 11.7. The Labute approximate surface area is 121 Å². The van der Waals surface area contributed by atoms with Crippen LogP contribution in [-0.4, -0.2) is 32.9 Å².